The van der Waals surface area contributed by atoms with Crippen molar-refractivity contribution < 1.29 is 4.74 Å². The lowest BCUT2D eigenvalue weighted by Gasteiger charge is -2.33. The Kier molecular flexibility index (Phi) is 5.60. The summed E-state index contributed by atoms with van der Waals surface area (Å²) in [5, 5.41) is 3.49. The number of anilines is 2. The topological polar surface area (TPSA) is 53.5 Å². The minimum absolute atomic E-state index is 0.557. The number of aromatic nitrogens is 2. The van der Waals surface area contributed by atoms with E-state index in [1.54, 1.807) is 0 Å². The van der Waals surface area contributed by atoms with Gasteiger partial charge in [-0.25, -0.2) is 9.97 Å². The second kappa shape index (κ2) is 9.02. The van der Waals surface area contributed by atoms with Crippen LogP contribution in [0.5, 0.6) is 11.5 Å². The summed E-state index contributed by atoms with van der Waals surface area (Å²) in [6.45, 7) is 6.47. The Balaban J connectivity index is 1.03. The lowest BCUT2D eigenvalue weighted by molar-refractivity contribution is 0.478. The minimum Gasteiger partial charge on any atom is -0.457 e. The predicted octanol–water partition coefficient (Wildman–Crippen LogP) is 4.11. The van der Waals surface area contributed by atoms with Gasteiger partial charge in [0.1, 0.15) is 11.5 Å². The van der Waals surface area contributed by atoms with Crippen LogP contribution in [-0.4, -0.2) is 49.2 Å². The number of ether oxygens (including phenoxy) is 1. The van der Waals surface area contributed by atoms with E-state index in [1.165, 1.54) is 5.56 Å². The van der Waals surface area contributed by atoms with Crippen LogP contribution in [0.15, 0.2) is 60.9 Å². The second-order valence-electron chi connectivity index (χ2n) is 9.49. The van der Waals surface area contributed by atoms with Gasteiger partial charge in [-0.2, -0.15) is 0 Å². The SMILES string of the molecule is [c]1cc(C2CCN(c3cnc(N4CC5CNCC5C4)nc3)CC2)ccc1Oc1ccccc1. The molecule has 2 aromatic carbocycles. The smallest absolute Gasteiger partial charge is 0.225 e. The molecule has 6 heteroatoms. The van der Waals surface area contributed by atoms with Crippen molar-refractivity contribution in [3.05, 3.63) is 72.6 Å². The number of hydrogen-bond donors (Lipinski definition) is 1. The van der Waals surface area contributed by atoms with Crippen LogP contribution in [0.25, 0.3) is 0 Å². The number of benzene rings is 2. The minimum atomic E-state index is 0.557. The zero-order valence-corrected chi connectivity index (χ0v) is 18.9. The first-order valence-electron chi connectivity index (χ1n) is 12.1. The first-order chi connectivity index (χ1) is 16.3. The molecule has 3 fully saturated rings. The summed E-state index contributed by atoms with van der Waals surface area (Å²) in [5.41, 5.74) is 2.48. The summed E-state index contributed by atoms with van der Waals surface area (Å²) < 4.78 is 5.88. The van der Waals surface area contributed by atoms with Crippen LogP contribution < -0.4 is 19.9 Å². The molecule has 169 valence electrons. The largest absolute Gasteiger partial charge is 0.457 e. The van der Waals surface area contributed by atoms with Crippen LogP contribution in [0, 0.1) is 17.9 Å². The van der Waals surface area contributed by atoms with Gasteiger partial charge >= 0.3 is 0 Å². The Morgan fingerprint density at radius 1 is 0.879 bits per heavy atom. The molecule has 3 saturated heterocycles. The summed E-state index contributed by atoms with van der Waals surface area (Å²) in [6, 6.07) is 19.5. The van der Waals surface area contributed by atoms with Crippen molar-refractivity contribution in [3.63, 3.8) is 0 Å². The quantitative estimate of drug-likeness (QED) is 0.645. The molecule has 1 aromatic heterocycles. The Bertz CT molecular complexity index is 1040. The molecule has 1 N–H and O–H groups in total. The van der Waals surface area contributed by atoms with E-state index in [0.29, 0.717) is 5.92 Å². The average molecular weight is 441 g/mol. The molecule has 0 amide bonds. The van der Waals surface area contributed by atoms with Crippen molar-refractivity contribution >= 4 is 11.6 Å². The third-order valence-corrected chi connectivity index (χ3v) is 7.41. The monoisotopic (exact) mass is 440 g/mol. The van der Waals surface area contributed by atoms with E-state index in [4.69, 9.17) is 14.7 Å². The summed E-state index contributed by atoms with van der Waals surface area (Å²) in [5.74, 6) is 4.55. The number of nitrogens with one attached hydrogen (secondary N) is 1. The van der Waals surface area contributed by atoms with Crippen molar-refractivity contribution in [1.29, 1.82) is 0 Å². The van der Waals surface area contributed by atoms with E-state index in [9.17, 15) is 0 Å². The first-order valence-corrected chi connectivity index (χ1v) is 12.1. The van der Waals surface area contributed by atoms with Crippen LogP contribution in [0.4, 0.5) is 11.6 Å². The molecule has 1 radical (unpaired) electrons. The maximum atomic E-state index is 5.88. The van der Waals surface area contributed by atoms with Crippen molar-refractivity contribution in [1.82, 2.24) is 15.3 Å². The lowest BCUT2D eigenvalue weighted by atomic mass is 9.89. The summed E-state index contributed by atoms with van der Waals surface area (Å²) in [4.78, 5) is 14.2. The highest BCUT2D eigenvalue weighted by atomic mass is 16.5. The fraction of sp³-hybridized carbons (Fsp3) is 0.407. The predicted molar refractivity (Wildman–Crippen MR) is 130 cm³/mol. The lowest BCUT2D eigenvalue weighted by Crippen LogP contribution is -2.33. The molecular formula is C27H30N5O. The van der Waals surface area contributed by atoms with Gasteiger partial charge in [0.05, 0.1) is 18.1 Å². The number of para-hydroxylation sites is 1. The van der Waals surface area contributed by atoms with Gasteiger partial charge in [-0.15, -0.1) is 0 Å². The zero-order valence-electron chi connectivity index (χ0n) is 18.9. The second-order valence-corrected chi connectivity index (χ2v) is 9.49. The fourth-order valence-electron chi connectivity index (χ4n) is 5.49. The number of hydrogen-bond acceptors (Lipinski definition) is 6. The van der Waals surface area contributed by atoms with Gasteiger partial charge in [-0.1, -0.05) is 24.3 Å². The van der Waals surface area contributed by atoms with Crippen molar-refractivity contribution in [2.24, 2.45) is 11.8 Å². The molecule has 0 bridgehead atoms. The summed E-state index contributed by atoms with van der Waals surface area (Å²) >= 11 is 0. The third-order valence-electron chi connectivity index (χ3n) is 7.41. The molecule has 33 heavy (non-hydrogen) atoms. The molecule has 6 rings (SSSR count). The summed E-state index contributed by atoms with van der Waals surface area (Å²) in [7, 11) is 0. The number of nitrogens with zero attached hydrogens (tertiary/aromatic N) is 4. The fourth-order valence-corrected chi connectivity index (χ4v) is 5.49. The molecular weight excluding hydrogens is 410 g/mol. The standard InChI is InChI=1S/C27H30N5O/c1-2-4-25(5-3-1)33-26-8-6-20(7-9-26)21-10-12-31(13-11-21)24-16-29-27(30-17-24)32-18-22-14-28-15-23(22)19-32/h1-8,16-17,21-23,28H,10-15,18-19H2. The van der Waals surface area contributed by atoms with Crippen LogP contribution in [0.3, 0.4) is 0 Å². The van der Waals surface area contributed by atoms with Crippen LogP contribution in [-0.2, 0) is 0 Å². The zero-order chi connectivity index (χ0) is 22.0. The Hall–Kier alpha value is -3.12. The molecule has 2 atom stereocenters. The number of piperidine rings is 1. The highest BCUT2D eigenvalue weighted by Crippen LogP contribution is 2.33. The maximum absolute atomic E-state index is 5.88. The molecule has 2 unspecified atom stereocenters. The van der Waals surface area contributed by atoms with Gasteiger partial charge < -0.3 is 19.9 Å². The average Bonchev–Trinajstić information content (AvgIpc) is 3.48. The molecule has 3 aliphatic rings. The van der Waals surface area contributed by atoms with Gasteiger partial charge in [0, 0.05) is 45.3 Å². The van der Waals surface area contributed by atoms with E-state index in [2.05, 4.69) is 33.3 Å². The molecule has 4 heterocycles. The first kappa shape index (κ1) is 20.5. The Morgan fingerprint density at radius 3 is 2.27 bits per heavy atom. The molecule has 3 aliphatic heterocycles. The highest BCUT2D eigenvalue weighted by Gasteiger charge is 2.37. The molecule has 0 spiro atoms. The van der Waals surface area contributed by atoms with Crippen molar-refractivity contribution in [2.75, 3.05) is 49.1 Å². The van der Waals surface area contributed by atoms with E-state index in [1.807, 2.05) is 48.8 Å². The van der Waals surface area contributed by atoms with Crippen LogP contribution in [0.2, 0.25) is 0 Å². The summed E-state index contributed by atoms with van der Waals surface area (Å²) in [6.07, 6.45) is 6.27. The van der Waals surface area contributed by atoms with E-state index in [0.717, 1.165) is 87.1 Å². The molecule has 0 saturated carbocycles. The van der Waals surface area contributed by atoms with E-state index < -0.39 is 0 Å². The molecule has 0 aliphatic carbocycles. The third kappa shape index (κ3) is 4.40. The molecule has 6 nitrogen and oxygen atoms in total. The van der Waals surface area contributed by atoms with E-state index >= 15 is 0 Å². The normalized spacial score (nSPS) is 23.0. The van der Waals surface area contributed by atoms with Crippen LogP contribution >= 0.6 is 0 Å². The number of rotatable bonds is 5. The van der Waals surface area contributed by atoms with Crippen molar-refractivity contribution in [2.45, 2.75) is 18.8 Å². The number of fused-ring (bicyclic) bond motifs is 1. The van der Waals surface area contributed by atoms with Gasteiger partial charge in [-0.3, -0.25) is 0 Å². The Labute approximate surface area is 195 Å². The maximum Gasteiger partial charge on any atom is 0.225 e. The highest BCUT2D eigenvalue weighted by molar-refractivity contribution is 5.46. The van der Waals surface area contributed by atoms with Gasteiger partial charge in [0.25, 0.3) is 0 Å². The van der Waals surface area contributed by atoms with Gasteiger partial charge in [-0.05, 0) is 60.4 Å². The Morgan fingerprint density at radius 2 is 1.61 bits per heavy atom. The van der Waals surface area contributed by atoms with E-state index in [-0.39, 0.29) is 0 Å². The molecule has 3 aromatic rings. The van der Waals surface area contributed by atoms with Crippen molar-refractivity contribution in [3.8, 4) is 11.5 Å². The van der Waals surface area contributed by atoms with Crippen LogP contribution in [0.1, 0.15) is 24.3 Å². The van der Waals surface area contributed by atoms with Gasteiger partial charge in [0.2, 0.25) is 5.95 Å². The van der Waals surface area contributed by atoms with Gasteiger partial charge in [0.15, 0.2) is 0 Å².